The number of aryl methyl sites for hydroxylation is 1. The second-order valence-electron chi connectivity index (χ2n) is 5.92. The van der Waals surface area contributed by atoms with Crippen LogP contribution in [0.5, 0.6) is 0 Å². The Morgan fingerprint density at radius 2 is 1.44 bits per heavy atom. The van der Waals surface area contributed by atoms with E-state index < -0.39 is 17.9 Å². The van der Waals surface area contributed by atoms with Crippen molar-refractivity contribution in [3.05, 3.63) is 70.3 Å². The van der Waals surface area contributed by atoms with Crippen molar-refractivity contribution in [2.24, 2.45) is 0 Å². The number of aromatic carboxylic acids is 2. The summed E-state index contributed by atoms with van der Waals surface area (Å²) in [6.07, 6.45) is 1.21. The van der Waals surface area contributed by atoms with Gasteiger partial charge in [-0.3, -0.25) is 9.59 Å². The van der Waals surface area contributed by atoms with Gasteiger partial charge in [0.15, 0.2) is 5.78 Å². The van der Waals surface area contributed by atoms with E-state index in [9.17, 15) is 19.2 Å². The van der Waals surface area contributed by atoms with E-state index in [1.807, 2.05) is 0 Å². The molecule has 3 rings (SSSR count). The van der Waals surface area contributed by atoms with Crippen molar-refractivity contribution < 1.29 is 34.5 Å². The van der Waals surface area contributed by atoms with E-state index in [0.29, 0.717) is 29.5 Å². The minimum atomic E-state index is -1.02. The predicted molar refractivity (Wildman–Crippen MR) is 95.4 cm³/mol. The summed E-state index contributed by atoms with van der Waals surface area (Å²) in [4.78, 5) is 43.0. The second-order valence-corrected chi connectivity index (χ2v) is 5.92. The van der Waals surface area contributed by atoms with Crippen molar-refractivity contribution in [3.8, 4) is 0 Å². The van der Waals surface area contributed by atoms with Gasteiger partial charge < -0.3 is 15.3 Å². The summed E-state index contributed by atoms with van der Waals surface area (Å²) in [5, 5.41) is 26.1. The van der Waals surface area contributed by atoms with Gasteiger partial charge in [-0.25, -0.2) is 9.59 Å². The standard InChI is InChI=1S/C10H10O4.C10H8O3/c11-9(12)6-5-7-3-1-2-4-8(7)10(13)14;11-9-5-4-6-7(9)2-1-3-8(6)10(12)13/h1-4H,5-6H2,(H,11,12)(H,13,14);1-3H,4-5H2,(H,12,13). The van der Waals surface area contributed by atoms with Gasteiger partial charge in [0.05, 0.1) is 11.1 Å². The number of carboxylic acids is 3. The molecule has 2 aromatic rings. The number of hydrogen-bond acceptors (Lipinski definition) is 4. The van der Waals surface area contributed by atoms with Crippen LogP contribution < -0.4 is 0 Å². The molecule has 0 atom stereocenters. The SMILES string of the molecule is O=C(O)CCc1ccccc1C(=O)O.O=C(O)c1cccc2c1CCC2=O. The van der Waals surface area contributed by atoms with E-state index in [1.165, 1.54) is 6.07 Å². The van der Waals surface area contributed by atoms with Crippen LogP contribution in [-0.2, 0) is 17.6 Å². The van der Waals surface area contributed by atoms with Crippen LogP contribution in [0.3, 0.4) is 0 Å². The van der Waals surface area contributed by atoms with Crippen molar-refractivity contribution in [1.82, 2.24) is 0 Å². The van der Waals surface area contributed by atoms with Gasteiger partial charge >= 0.3 is 17.9 Å². The van der Waals surface area contributed by atoms with Gasteiger partial charge in [-0.1, -0.05) is 30.3 Å². The van der Waals surface area contributed by atoms with Crippen LogP contribution in [0.15, 0.2) is 42.5 Å². The van der Waals surface area contributed by atoms with Gasteiger partial charge in [0.1, 0.15) is 0 Å². The lowest BCUT2D eigenvalue weighted by Crippen LogP contribution is -2.04. The van der Waals surface area contributed by atoms with Gasteiger partial charge in [0.2, 0.25) is 0 Å². The first-order chi connectivity index (χ1) is 12.8. The van der Waals surface area contributed by atoms with Crippen LogP contribution >= 0.6 is 0 Å². The second kappa shape index (κ2) is 8.75. The highest BCUT2D eigenvalue weighted by molar-refractivity contribution is 6.04. The quantitative estimate of drug-likeness (QED) is 0.738. The van der Waals surface area contributed by atoms with Crippen molar-refractivity contribution in [2.75, 3.05) is 0 Å². The van der Waals surface area contributed by atoms with Gasteiger partial charge in [0.25, 0.3) is 0 Å². The van der Waals surface area contributed by atoms with Crippen LogP contribution in [-0.4, -0.2) is 39.0 Å². The first-order valence-corrected chi connectivity index (χ1v) is 8.22. The van der Waals surface area contributed by atoms with E-state index in [1.54, 1.807) is 36.4 Å². The molecule has 2 aromatic carbocycles. The van der Waals surface area contributed by atoms with E-state index in [0.717, 1.165) is 0 Å². The number of benzene rings is 2. The highest BCUT2D eigenvalue weighted by atomic mass is 16.4. The van der Waals surface area contributed by atoms with Crippen LogP contribution in [0, 0.1) is 0 Å². The predicted octanol–water partition coefficient (Wildman–Crippen LogP) is 2.92. The van der Waals surface area contributed by atoms with Crippen molar-refractivity contribution in [3.63, 3.8) is 0 Å². The fraction of sp³-hybridized carbons (Fsp3) is 0.200. The minimum absolute atomic E-state index is 0.0513. The number of ketones is 1. The lowest BCUT2D eigenvalue weighted by molar-refractivity contribution is -0.136. The normalized spacial score (nSPS) is 11.9. The van der Waals surface area contributed by atoms with Gasteiger partial charge in [-0.2, -0.15) is 0 Å². The maximum Gasteiger partial charge on any atom is 0.335 e. The molecular formula is C20H18O7. The molecule has 140 valence electrons. The highest BCUT2D eigenvalue weighted by Gasteiger charge is 2.23. The average Bonchev–Trinajstić information content (AvgIpc) is 3.02. The van der Waals surface area contributed by atoms with Crippen LogP contribution in [0.4, 0.5) is 0 Å². The van der Waals surface area contributed by atoms with Crippen LogP contribution in [0.1, 0.15) is 55.0 Å². The van der Waals surface area contributed by atoms with E-state index in [4.69, 9.17) is 15.3 Å². The van der Waals surface area contributed by atoms with Crippen LogP contribution in [0.25, 0.3) is 0 Å². The number of fused-ring (bicyclic) bond motifs is 1. The fourth-order valence-corrected chi connectivity index (χ4v) is 2.88. The molecule has 0 saturated heterocycles. The number of carbonyl (C=O) groups excluding carboxylic acids is 1. The maximum atomic E-state index is 11.2. The number of carboxylic acid groups (broad SMARTS) is 3. The lowest BCUT2D eigenvalue weighted by atomic mass is 10.0. The third-order valence-corrected chi connectivity index (χ3v) is 4.16. The van der Waals surface area contributed by atoms with Gasteiger partial charge in [-0.15, -0.1) is 0 Å². The molecule has 0 aromatic heterocycles. The first kappa shape index (κ1) is 19.8. The molecule has 1 aliphatic rings. The summed E-state index contributed by atoms with van der Waals surface area (Å²) in [5.41, 5.74) is 2.28. The molecule has 7 heteroatoms. The Morgan fingerprint density at radius 1 is 0.815 bits per heavy atom. The highest BCUT2D eigenvalue weighted by Crippen LogP contribution is 2.25. The molecule has 0 unspecified atom stereocenters. The topological polar surface area (TPSA) is 129 Å². The summed E-state index contributed by atoms with van der Waals surface area (Å²) in [6, 6.07) is 11.3. The molecule has 1 aliphatic carbocycles. The molecule has 0 saturated carbocycles. The molecule has 0 bridgehead atoms. The molecule has 0 spiro atoms. The summed E-state index contributed by atoms with van der Waals surface area (Å²) in [6.45, 7) is 0. The zero-order valence-corrected chi connectivity index (χ0v) is 14.3. The smallest absolute Gasteiger partial charge is 0.335 e. The van der Waals surface area contributed by atoms with Crippen molar-refractivity contribution in [2.45, 2.75) is 25.7 Å². The van der Waals surface area contributed by atoms with Crippen molar-refractivity contribution >= 4 is 23.7 Å². The maximum absolute atomic E-state index is 11.2. The zero-order valence-electron chi connectivity index (χ0n) is 14.3. The Labute approximate surface area is 154 Å². The number of rotatable bonds is 5. The zero-order chi connectivity index (χ0) is 20.0. The van der Waals surface area contributed by atoms with Crippen molar-refractivity contribution in [1.29, 1.82) is 0 Å². The Kier molecular flexibility index (Phi) is 6.43. The van der Waals surface area contributed by atoms with E-state index in [-0.39, 0.29) is 29.8 Å². The molecule has 3 N–H and O–H groups in total. The largest absolute Gasteiger partial charge is 0.481 e. The number of carbonyl (C=O) groups is 4. The monoisotopic (exact) mass is 370 g/mol. The molecule has 0 fully saturated rings. The van der Waals surface area contributed by atoms with Gasteiger partial charge in [-0.05, 0) is 36.1 Å². The summed E-state index contributed by atoms with van der Waals surface area (Å²) in [5.74, 6) is -2.85. The molecule has 0 heterocycles. The molecular weight excluding hydrogens is 352 g/mol. The average molecular weight is 370 g/mol. The number of aliphatic carboxylic acids is 1. The molecule has 0 radical (unpaired) electrons. The number of Topliss-reactive ketones (excluding diaryl/α,β-unsaturated/α-hetero) is 1. The molecule has 27 heavy (non-hydrogen) atoms. The Hall–Kier alpha value is -3.48. The minimum Gasteiger partial charge on any atom is -0.481 e. The number of hydrogen-bond donors (Lipinski definition) is 3. The third-order valence-electron chi connectivity index (χ3n) is 4.16. The Bertz CT molecular complexity index is 899. The summed E-state index contributed by atoms with van der Waals surface area (Å²) < 4.78 is 0. The molecule has 0 aliphatic heterocycles. The van der Waals surface area contributed by atoms with E-state index in [2.05, 4.69) is 0 Å². The molecule has 7 nitrogen and oxygen atoms in total. The fourth-order valence-electron chi connectivity index (χ4n) is 2.88. The van der Waals surface area contributed by atoms with Gasteiger partial charge in [0, 0.05) is 18.4 Å². The Morgan fingerprint density at radius 3 is 2.07 bits per heavy atom. The van der Waals surface area contributed by atoms with Crippen LogP contribution in [0.2, 0.25) is 0 Å². The third kappa shape index (κ3) is 5.01. The first-order valence-electron chi connectivity index (χ1n) is 8.22. The summed E-state index contributed by atoms with van der Waals surface area (Å²) in [7, 11) is 0. The summed E-state index contributed by atoms with van der Waals surface area (Å²) >= 11 is 0. The Balaban J connectivity index is 0.000000194. The van der Waals surface area contributed by atoms with E-state index >= 15 is 0 Å². The lowest BCUT2D eigenvalue weighted by Gasteiger charge is -2.02. The molecule has 0 amide bonds.